The van der Waals surface area contributed by atoms with Crippen LogP contribution in [-0.4, -0.2) is 23.8 Å². The third kappa shape index (κ3) is 5.25. The lowest BCUT2D eigenvalue weighted by molar-refractivity contribution is -0.139. The van der Waals surface area contributed by atoms with Crippen LogP contribution in [0.1, 0.15) is 24.2 Å². The number of rotatable bonds is 2. The lowest BCUT2D eigenvalue weighted by Crippen LogP contribution is -2.49. The molecule has 0 aromatic heterocycles. The molecule has 0 aliphatic heterocycles. The highest BCUT2D eigenvalue weighted by atomic mass is 127. The molecule has 0 aliphatic rings. The van der Waals surface area contributed by atoms with E-state index in [4.69, 9.17) is 0 Å². The maximum atomic E-state index is 11.7. The fourth-order valence-corrected chi connectivity index (χ4v) is 1.74. The van der Waals surface area contributed by atoms with E-state index in [1.807, 2.05) is 6.07 Å². The van der Waals surface area contributed by atoms with Gasteiger partial charge in [0.1, 0.15) is 0 Å². The molecule has 102 valence electrons. The molecule has 1 aromatic carbocycles. The third-order valence-electron chi connectivity index (χ3n) is 2.00. The molecule has 1 rings (SSSR count). The molecule has 0 spiro atoms. The molecular weight excluding hydrogens is 361 g/mol. The van der Waals surface area contributed by atoms with Gasteiger partial charge in [0.05, 0.1) is 0 Å². The molecule has 0 heterocycles. The van der Waals surface area contributed by atoms with Crippen LogP contribution >= 0.6 is 22.6 Å². The van der Waals surface area contributed by atoms with Crippen molar-refractivity contribution in [3.05, 3.63) is 33.4 Å². The number of halogens is 1. The summed E-state index contributed by atoms with van der Waals surface area (Å²) in [7, 11) is 0. The van der Waals surface area contributed by atoms with Crippen LogP contribution in [0.2, 0.25) is 0 Å². The van der Waals surface area contributed by atoms with Crippen molar-refractivity contribution in [2.45, 2.75) is 19.9 Å². The van der Waals surface area contributed by atoms with E-state index in [0.717, 1.165) is 3.57 Å². The Morgan fingerprint density at radius 1 is 1.11 bits per heavy atom. The fourth-order valence-electron chi connectivity index (χ4n) is 1.20. The van der Waals surface area contributed by atoms with Crippen LogP contribution in [0.3, 0.4) is 0 Å². The van der Waals surface area contributed by atoms with E-state index in [1.54, 1.807) is 32.0 Å². The van der Waals surface area contributed by atoms with Gasteiger partial charge >= 0.3 is 11.8 Å². The predicted octanol–water partition coefficient (Wildman–Crippen LogP) is 0.577. The van der Waals surface area contributed by atoms with Gasteiger partial charge in [-0.1, -0.05) is 6.07 Å². The van der Waals surface area contributed by atoms with Crippen LogP contribution in [0.15, 0.2) is 24.3 Å². The largest absolute Gasteiger partial charge is 0.346 e. The molecule has 0 radical (unpaired) electrons. The number of nitrogens with one attached hydrogen (secondary N) is 3. The van der Waals surface area contributed by atoms with Crippen molar-refractivity contribution in [3.63, 3.8) is 0 Å². The summed E-state index contributed by atoms with van der Waals surface area (Å²) in [4.78, 5) is 34.3. The van der Waals surface area contributed by atoms with Crippen LogP contribution in [0.5, 0.6) is 0 Å². The van der Waals surface area contributed by atoms with Gasteiger partial charge in [-0.15, -0.1) is 0 Å². The first-order valence-electron chi connectivity index (χ1n) is 5.57. The van der Waals surface area contributed by atoms with Crippen LogP contribution in [0.4, 0.5) is 0 Å². The molecule has 7 heteroatoms. The Morgan fingerprint density at radius 3 is 2.37 bits per heavy atom. The van der Waals surface area contributed by atoms with Gasteiger partial charge in [-0.3, -0.25) is 25.2 Å². The van der Waals surface area contributed by atoms with E-state index in [1.165, 1.54) is 0 Å². The first-order valence-corrected chi connectivity index (χ1v) is 6.64. The van der Waals surface area contributed by atoms with E-state index in [2.05, 4.69) is 38.8 Å². The smallest absolute Gasteiger partial charge is 0.327 e. The molecule has 3 N–H and O–H groups in total. The Kier molecular flexibility index (Phi) is 5.74. The molecule has 0 fully saturated rings. The van der Waals surface area contributed by atoms with Crippen molar-refractivity contribution in [1.82, 2.24) is 16.2 Å². The summed E-state index contributed by atoms with van der Waals surface area (Å²) in [6, 6.07) is 6.69. The summed E-state index contributed by atoms with van der Waals surface area (Å²) in [5.74, 6) is -2.19. The number of carbonyl (C=O) groups is 3. The maximum absolute atomic E-state index is 11.7. The van der Waals surface area contributed by atoms with Gasteiger partial charge in [0, 0.05) is 15.2 Å². The highest BCUT2D eigenvalue weighted by molar-refractivity contribution is 14.1. The zero-order chi connectivity index (χ0) is 14.4. The highest BCUT2D eigenvalue weighted by Gasteiger charge is 2.15. The number of benzene rings is 1. The number of amides is 3. The molecule has 3 amide bonds. The second-order valence-electron chi connectivity index (χ2n) is 4.05. The minimum Gasteiger partial charge on any atom is -0.346 e. The second-order valence-corrected chi connectivity index (χ2v) is 5.29. The molecule has 0 aliphatic carbocycles. The van der Waals surface area contributed by atoms with Gasteiger partial charge in [-0.05, 0) is 54.6 Å². The Hall–Kier alpha value is -1.64. The van der Waals surface area contributed by atoms with Crippen LogP contribution < -0.4 is 16.2 Å². The Bertz CT molecular complexity index is 503. The normalized spacial score (nSPS) is 9.89. The van der Waals surface area contributed by atoms with Crippen molar-refractivity contribution < 1.29 is 14.4 Å². The van der Waals surface area contributed by atoms with E-state index in [0.29, 0.717) is 5.56 Å². The first-order chi connectivity index (χ1) is 8.90. The molecule has 1 aromatic rings. The molecular formula is C12H14IN3O3. The molecule has 0 saturated carbocycles. The second kappa shape index (κ2) is 7.07. The number of hydrogen-bond donors (Lipinski definition) is 3. The van der Waals surface area contributed by atoms with Crippen LogP contribution in [0, 0.1) is 3.57 Å². The van der Waals surface area contributed by atoms with Crippen molar-refractivity contribution in [1.29, 1.82) is 0 Å². The van der Waals surface area contributed by atoms with E-state index in [9.17, 15) is 14.4 Å². The lowest BCUT2D eigenvalue weighted by atomic mass is 10.2. The number of carbonyl (C=O) groups excluding carboxylic acids is 3. The molecule has 6 nitrogen and oxygen atoms in total. The predicted molar refractivity (Wildman–Crippen MR) is 78.0 cm³/mol. The van der Waals surface area contributed by atoms with Crippen molar-refractivity contribution in [3.8, 4) is 0 Å². The Morgan fingerprint density at radius 2 is 1.79 bits per heavy atom. The third-order valence-corrected chi connectivity index (χ3v) is 2.67. The molecule has 0 atom stereocenters. The standard InChI is InChI=1S/C12H14IN3O3/c1-7(2)14-11(18)12(19)16-15-10(17)8-4-3-5-9(13)6-8/h3-7H,1-2H3,(H,14,18)(H,15,17)(H,16,19). The lowest BCUT2D eigenvalue weighted by Gasteiger charge is -2.09. The summed E-state index contributed by atoms with van der Waals surface area (Å²) < 4.78 is 0.897. The van der Waals surface area contributed by atoms with Crippen molar-refractivity contribution in [2.75, 3.05) is 0 Å². The molecule has 19 heavy (non-hydrogen) atoms. The Labute approximate surface area is 124 Å². The fraction of sp³-hybridized carbons (Fsp3) is 0.250. The van der Waals surface area contributed by atoms with Crippen molar-refractivity contribution in [2.24, 2.45) is 0 Å². The summed E-state index contributed by atoms with van der Waals surface area (Å²) in [5.41, 5.74) is 4.63. The van der Waals surface area contributed by atoms with Gasteiger partial charge < -0.3 is 5.32 Å². The Balaban J connectivity index is 2.51. The SMILES string of the molecule is CC(C)NC(=O)C(=O)NNC(=O)c1cccc(I)c1. The molecule has 0 unspecified atom stereocenters. The maximum Gasteiger partial charge on any atom is 0.327 e. The van der Waals surface area contributed by atoms with E-state index >= 15 is 0 Å². The quantitative estimate of drug-likeness (QED) is 0.402. The molecule has 0 bridgehead atoms. The minimum absolute atomic E-state index is 0.148. The zero-order valence-electron chi connectivity index (χ0n) is 10.5. The van der Waals surface area contributed by atoms with Crippen LogP contribution in [0.25, 0.3) is 0 Å². The first kappa shape index (κ1) is 15.4. The summed E-state index contributed by atoms with van der Waals surface area (Å²) >= 11 is 2.07. The van der Waals surface area contributed by atoms with Gasteiger partial charge in [-0.25, -0.2) is 0 Å². The minimum atomic E-state index is -0.910. The summed E-state index contributed by atoms with van der Waals surface area (Å²) in [6.45, 7) is 3.46. The van der Waals surface area contributed by atoms with Crippen molar-refractivity contribution >= 4 is 40.3 Å². The number of hydrazine groups is 1. The van der Waals surface area contributed by atoms with E-state index in [-0.39, 0.29) is 6.04 Å². The summed E-state index contributed by atoms with van der Waals surface area (Å²) in [5, 5.41) is 2.41. The average molecular weight is 375 g/mol. The zero-order valence-corrected chi connectivity index (χ0v) is 12.6. The van der Waals surface area contributed by atoms with Gasteiger partial charge in [0.25, 0.3) is 5.91 Å². The summed E-state index contributed by atoms with van der Waals surface area (Å²) in [6.07, 6.45) is 0. The van der Waals surface area contributed by atoms with Gasteiger partial charge in [-0.2, -0.15) is 0 Å². The van der Waals surface area contributed by atoms with Gasteiger partial charge in [0.15, 0.2) is 0 Å². The highest BCUT2D eigenvalue weighted by Crippen LogP contribution is 2.07. The van der Waals surface area contributed by atoms with Crippen LogP contribution in [-0.2, 0) is 9.59 Å². The topological polar surface area (TPSA) is 87.3 Å². The average Bonchev–Trinajstić information content (AvgIpc) is 2.34. The van der Waals surface area contributed by atoms with E-state index < -0.39 is 17.7 Å². The number of hydrogen-bond acceptors (Lipinski definition) is 3. The van der Waals surface area contributed by atoms with Gasteiger partial charge in [0.2, 0.25) is 0 Å². The monoisotopic (exact) mass is 375 g/mol. The molecule has 0 saturated heterocycles.